The maximum absolute atomic E-state index is 5.81. The number of aliphatic imine (C=N–C) groups is 1. The normalized spacial score (nSPS) is 12.8. The second-order valence-corrected chi connectivity index (χ2v) is 6.97. The summed E-state index contributed by atoms with van der Waals surface area (Å²) < 4.78 is 0.153. The quantitative estimate of drug-likeness (QED) is 0.617. The van der Waals surface area contributed by atoms with Gasteiger partial charge in [0.25, 0.3) is 0 Å². The third kappa shape index (κ3) is 5.98. The summed E-state index contributed by atoms with van der Waals surface area (Å²) in [6.45, 7) is 5.92. The largest absolute Gasteiger partial charge is 0.370 e. The average Bonchev–Trinajstić information content (AvgIpc) is 2.80. The Hall–Kier alpha value is -0.680. The third-order valence-corrected chi connectivity index (χ3v) is 4.61. The fourth-order valence-electron chi connectivity index (χ4n) is 1.16. The topological polar surface area (TPSA) is 50.4 Å². The number of guanidine groups is 1. The number of hydrogen-bond donors (Lipinski definition) is 2. The molecule has 1 aromatic heterocycles. The van der Waals surface area contributed by atoms with Crippen molar-refractivity contribution in [2.45, 2.75) is 25.0 Å². The van der Waals surface area contributed by atoms with Crippen LogP contribution < -0.4 is 11.1 Å². The zero-order chi connectivity index (χ0) is 12.7. The minimum Gasteiger partial charge on any atom is -0.370 e. The molecule has 0 aromatic carbocycles. The smallest absolute Gasteiger partial charge is 0.188 e. The fourth-order valence-corrected chi connectivity index (χ4v) is 2.07. The number of thioether (sulfide) groups is 1. The molecule has 1 aromatic rings. The molecule has 0 aliphatic carbocycles. The first-order valence-corrected chi connectivity index (χ1v) is 7.75. The van der Waals surface area contributed by atoms with Crippen molar-refractivity contribution in [2.24, 2.45) is 10.7 Å². The highest BCUT2D eigenvalue weighted by molar-refractivity contribution is 7.99. The van der Waals surface area contributed by atoms with E-state index in [1.165, 1.54) is 4.88 Å². The van der Waals surface area contributed by atoms with Gasteiger partial charge >= 0.3 is 0 Å². The highest BCUT2D eigenvalue weighted by atomic mass is 32.2. The van der Waals surface area contributed by atoms with Crippen molar-refractivity contribution in [1.82, 2.24) is 5.32 Å². The molecule has 17 heavy (non-hydrogen) atoms. The van der Waals surface area contributed by atoms with Crippen LogP contribution in [0.3, 0.4) is 0 Å². The Balaban J connectivity index is 2.24. The molecule has 5 heteroatoms. The standard InChI is InChI=1S/C12H21N3S2/c1-12(2,16-3)9-15-11(13)14-7-6-10-5-4-8-17-10/h4-5,8H,6-7,9H2,1-3H3,(H3,13,14,15). The molecule has 0 bridgehead atoms. The molecule has 0 saturated heterocycles. The number of rotatable bonds is 6. The van der Waals surface area contributed by atoms with Crippen LogP contribution in [0.25, 0.3) is 0 Å². The van der Waals surface area contributed by atoms with Crippen LogP contribution in [0.15, 0.2) is 22.5 Å². The number of nitrogens with two attached hydrogens (primary N) is 1. The molecule has 0 radical (unpaired) electrons. The summed E-state index contributed by atoms with van der Waals surface area (Å²) in [5.41, 5.74) is 5.81. The van der Waals surface area contributed by atoms with Gasteiger partial charge < -0.3 is 11.1 Å². The summed E-state index contributed by atoms with van der Waals surface area (Å²) in [5, 5.41) is 5.23. The van der Waals surface area contributed by atoms with Gasteiger partial charge in [0.1, 0.15) is 0 Å². The van der Waals surface area contributed by atoms with E-state index >= 15 is 0 Å². The summed E-state index contributed by atoms with van der Waals surface area (Å²) in [4.78, 5) is 5.72. The van der Waals surface area contributed by atoms with Crippen molar-refractivity contribution < 1.29 is 0 Å². The lowest BCUT2D eigenvalue weighted by molar-refractivity contribution is 0.719. The predicted molar refractivity (Wildman–Crippen MR) is 80.1 cm³/mol. The summed E-state index contributed by atoms with van der Waals surface area (Å²) in [7, 11) is 0. The fraction of sp³-hybridized carbons (Fsp3) is 0.583. The highest BCUT2D eigenvalue weighted by Gasteiger charge is 2.14. The number of nitrogens with one attached hydrogen (secondary N) is 1. The molecule has 1 rings (SSSR count). The summed E-state index contributed by atoms with van der Waals surface area (Å²) in [6, 6.07) is 4.20. The van der Waals surface area contributed by atoms with Gasteiger partial charge in [-0.1, -0.05) is 6.07 Å². The van der Waals surface area contributed by atoms with Crippen LogP contribution in [0.5, 0.6) is 0 Å². The SMILES string of the molecule is CSC(C)(C)CN=C(N)NCCc1cccs1. The Morgan fingerprint density at radius 1 is 1.59 bits per heavy atom. The summed E-state index contributed by atoms with van der Waals surface area (Å²) in [5.74, 6) is 0.545. The van der Waals surface area contributed by atoms with E-state index in [0.717, 1.165) is 19.5 Å². The Morgan fingerprint density at radius 2 is 2.35 bits per heavy atom. The lowest BCUT2D eigenvalue weighted by atomic mass is 10.2. The maximum atomic E-state index is 5.81. The summed E-state index contributed by atoms with van der Waals surface area (Å²) in [6.07, 6.45) is 3.09. The highest BCUT2D eigenvalue weighted by Crippen LogP contribution is 2.20. The molecule has 3 N–H and O–H groups in total. The van der Waals surface area contributed by atoms with Crippen molar-refractivity contribution in [1.29, 1.82) is 0 Å². The Morgan fingerprint density at radius 3 is 2.94 bits per heavy atom. The van der Waals surface area contributed by atoms with Gasteiger partial charge in [-0.15, -0.1) is 11.3 Å². The van der Waals surface area contributed by atoms with E-state index in [1.54, 1.807) is 23.1 Å². The molecule has 0 aliphatic rings. The van der Waals surface area contributed by atoms with Gasteiger partial charge in [0, 0.05) is 16.2 Å². The zero-order valence-corrected chi connectivity index (χ0v) is 12.3. The molecular weight excluding hydrogens is 250 g/mol. The minimum absolute atomic E-state index is 0.153. The predicted octanol–water partition coefficient (Wildman–Crippen LogP) is 2.34. The van der Waals surface area contributed by atoms with Gasteiger partial charge in [0.2, 0.25) is 0 Å². The minimum atomic E-state index is 0.153. The van der Waals surface area contributed by atoms with Crippen LogP contribution in [0.1, 0.15) is 18.7 Å². The number of hydrogen-bond acceptors (Lipinski definition) is 3. The lowest BCUT2D eigenvalue weighted by Gasteiger charge is -2.19. The first kappa shape index (κ1) is 14.4. The third-order valence-electron chi connectivity index (χ3n) is 2.44. The van der Waals surface area contributed by atoms with Crippen LogP contribution in [0.4, 0.5) is 0 Å². The van der Waals surface area contributed by atoms with Gasteiger partial charge in [-0.3, -0.25) is 4.99 Å². The molecule has 0 aliphatic heterocycles. The second-order valence-electron chi connectivity index (χ2n) is 4.42. The van der Waals surface area contributed by atoms with E-state index in [2.05, 4.69) is 47.9 Å². The molecule has 3 nitrogen and oxygen atoms in total. The van der Waals surface area contributed by atoms with Crippen molar-refractivity contribution in [3.8, 4) is 0 Å². The van der Waals surface area contributed by atoms with Crippen LogP contribution in [-0.4, -0.2) is 30.1 Å². The molecule has 96 valence electrons. The Kier molecular flexibility index (Phi) is 5.85. The average molecular weight is 271 g/mol. The summed E-state index contributed by atoms with van der Waals surface area (Å²) >= 11 is 3.57. The molecule has 0 fully saturated rings. The van der Waals surface area contributed by atoms with Crippen LogP contribution >= 0.6 is 23.1 Å². The van der Waals surface area contributed by atoms with Gasteiger partial charge in [0.15, 0.2) is 5.96 Å². The van der Waals surface area contributed by atoms with Crippen LogP contribution in [-0.2, 0) is 6.42 Å². The Labute approximate surface area is 112 Å². The van der Waals surface area contributed by atoms with Crippen LogP contribution in [0, 0.1) is 0 Å². The first-order valence-electron chi connectivity index (χ1n) is 5.65. The van der Waals surface area contributed by atoms with Crippen LogP contribution in [0.2, 0.25) is 0 Å². The number of thiophene rings is 1. The van der Waals surface area contributed by atoms with E-state index in [4.69, 9.17) is 5.73 Å². The molecular formula is C12H21N3S2. The second kappa shape index (κ2) is 6.91. The van der Waals surface area contributed by atoms with Crippen molar-refractivity contribution in [2.75, 3.05) is 19.3 Å². The molecule has 0 unspecified atom stereocenters. The maximum Gasteiger partial charge on any atom is 0.188 e. The monoisotopic (exact) mass is 271 g/mol. The van der Waals surface area contributed by atoms with Crippen molar-refractivity contribution in [3.63, 3.8) is 0 Å². The molecule has 1 heterocycles. The van der Waals surface area contributed by atoms with E-state index in [0.29, 0.717) is 5.96 Å². The van der Waals surface area contributed by atoms with E-state index in [9.17, 15) is 0 Å². The van der Waals surface area contributed by atoms with E-state index in [-0.39, 0.29) is 4.75 Å². The molecule has 0 saturated carbocycles. The Bertz CT molecular complexity index is 345. The van der Waals surface area contributed by atoms with E-state index < -0.39 is 0 Å². The molecule has 0 atom stereocenters. The molecule has 0 amide bonds. The van der Waals surface area contributed by atoms with Gasteiger partial charge in [0.05, 0.1) is 6.54 Å². The van der Waals surface area contributed by atoms with Crippen molar-refractivity contribution >= 4 is 29.1 Å². The lowest BCUT2D eigenvalue weighted by Crippen LogP contribution is -2.34. The van der Waals surface area contributed by atoms with Gasteiger partial charge in [-0.2, -0.15) is 11.8 Å². The zero-order valence-electron chi connectivity index (χ0n) is 10.7. The van der Waals surface area contributed by atoms with Gasteiger partial charge in [-0.25, -0.2) is 0 Å². The molecule has 0 spiro atoms. The number of nitrogens with zero attached hydrogens (tertiary/aromatic N) is 1. The van der Waals surface area contributed by atoms with Gasteiger partial charge in [-0.05, 0) is 38.0 Å². The van der Waals surface area contributed by atoms with Crippen molar-refractivity contribution in [3.05, 3.63) is 22.4 Å². The van der Waals surface area contributed by atoms with E-state index in [1.807, 2.05) is 0 Å². The first-order chi connectivity index (χ1) is 8.03.